The maximum atomic E-state index is 13.0. The summed E-state index contributed by atoms with van der Waals surface area (Å²) < 4.78 is 16.0. The number of ether oxygens (including phenoxy) is 3. The summed E-state index contributed by atoms with van der Waals surface area (Å²) >= 11 is 0. The minimum absolute atomic E-state index is 0.0324. The van der Waals surface area contributed by atoms with E-state index in [9.17, 15) is 33.6 Å². The molecule has 16 heteroatoms. The monoisotopic (exact) mass is 732 g/mol. The standard InChI is InChI=1S/C36H56N6O10/c1-22(2)28-20-30(44)42(35(28)48)15-13-38-36(49)52-21-26-8-10-27(11-9-26)40-33(46)25(7)39-34(47)31(23(3)4)41-29(43)12-16-50-18-19-51-17-14-37-32(45)24(5)6/h8-11,22-25,28,31H,12-21H2,1-7H3,(H,37,45)(H,38,49)(H,39,47)(H,40,46)(H,41,43). The molecule has 1 aromatic rings. The van der Waals surface area contributed by atoms with Crippen LogP contribution < -0.4 is 26.6 Å². The number of likely N-dealkylation sites (tertiary alicyclic amines) is 1. The third-order valence-corrected chi connectivity index (χ3v) is 8.21. The molecule has 1 fully saturated rings. The molecular weight excluding hydrogens is 676 g/mol. The molecule has 1 aliphatic heterocycles. The van der Waals surface area contributed by atoms with E-state index in [1.165, 1.54) is 11.8 Å². The Hall–Kier alpha value is -4.57. The smallest absolute Gasteiger partial charge is 0.407 e. The van der Waals surface area contributed by atoms with E-state index in [1.54, 1.807) is 38.1 Å². The maximum absolute atomic E-state index is 13.0. The Balaban J connectivity index is 1.67. The van der Waals surface area contributed by atoms with Gasteiger partial charge in [-0.25, -0.2) is 4.79 Å². The first kappa shape index (κ1) is 43.6. The lowest BCUT2D eigenvalue weighted by Gasteiger charge is -2.24. The molecule has 0 bridgehead atoms. The van der Waals surface area contributed by atoms with E-state index in [1.807, 2.05) is 27.7 Å². The Bertz CT molecular complexity index is 1370. The van der Waals surface area contributed by atoms with Crippen LogP contribution >= 0.6 is 0 Å². The quantitative estimate of drug-likeness (QED) is 0.0861. The van der Waals surface area contributed by atoms with Crippen LogP contribution in [0.2, 0.25) is 0 Å². The Morgan fingerprint density at radius 2 is 1.44 bits per heavy atom. The number of anilines is 1. The molecule has 1 saturated heterocycles. The van der Waals surface area contributed by atoms with E-state index in [4.69, 9.17) is 14.2 Å². The molecule has 0 aromatic heterocycles. The Morgan fingerprint density at radius 1 is 0.788 bits per heavy atom. The first-order chi connectivity index (χ1) is 24.6. The number of hydrogen-bond acceptors (Lipinski definition) is 10. The number of hydrogen-bond donors (Lipinski definition) is 5. The Morgan fingerprint density at radius 3 is 2.04 bits per heavy atom. The molecule has 1 heterocycles. The molecule has 52 heavy (non-hydrogen) atoms. The highest BCUT2D eigenvalue weighted by atomic mass is 16.5. The normalized spacial score (nSPS) is 15.4. The van der Waals surface area contributed by atoms with Crippen LogP contribution in [0.5, 0.6) is 0 Å². The molecule has 0 spiro atoms. The van der Waals surface area contributed by atoms with Gasteiger partial charge in [-0.3, -0.25) is 33.7 Å². The number of carbonyl (C=O) groups is 7. The largest absolute Gasteiger partial charge is 0.445 e. The fraction of sp³-hybridized carbons (Fsp3) is 0.639. The van der Waals surface area contributed by atoms with E-state index < -0.39 is 30.0 Å². The summed E-state index contributed by atoms with van der Waals surface area (Å²) in [5, 5.41) is 13.4. The highest BCUT2D eigenvalue weighted by molar-refractivity contribution is 6.03. The number of alkyl carbamates (subject to hydrolysis) is 1. The molecule has 0 radical (unpaired) electrons. The second-order valence-electron chi connectivity index (χ2n) is 13.6. The molecule has 3 atom stereocenters. The molecule has 1 aliphatic rings. The highest BCUT2D eigenvalue weighted by Crippen LogP contribution is 2.25. The molecule has 5 N–H and O–H groups in total. The van der Waals surface area contributed by atoms with Gasteiger partial charge in [0.05, 0.1) is 26.4 Å². The predicted octanol–water partition coefficient (Wildman–Crippen LogP) is 1.72. The molecule has 1 aromatic carbocycles. The summed E-state index contributed by atoms with van der Waals surface area (Å²) in [6.45, 7) is 14.1. The lowest BCUT2D eigenvalue weighted by atomic mass is 9.94. The van der Waals surface area contributed by atoms with Crippen molar-refractivity contribution in [1.29, 1.82) is 0 Å². The number of nitrogens with one attached hydrogen (secondary N) is 5. The van der Waals surface area contributed by atoms with Crippen LogP contribution in [0.25, 0.3) is 0 Å². The summed E-state index contributed by atoms with van der Waals surface area (Å²) in [5.41, 5.74) is 1.10. The van der Waals surface area contributed by atoms with Gasteiger partial charge in [-0.05, 0) is 36.5 Å². The summed E-state index contributed by atoms with van der Waals surface area (Å²) in [6.07, 6.45) is -0.484. The van der Waals surface area contributed by atoms with Gasteiger partial charge in [-0.1, -0.05) is 53.7 Å². The second kappa shape index (κ2) is 22.4. The van der Waals surface area contributed by atoms with Crippen molar-refractivity contribution in [3.8, 4) is 0 Å². The highest BCUT2D eigenvalue weighted by Gasteiger charge is 2.39. The SMILES string of the molecule is CC(C)C(=O)NCCOCCOCCC(=O)NC(C(=O)NC(C)C(=O)Nc1ccc(COC(=O)NCCN2C(=O)CC(C(C)C)C2=O)cc1)C(C)C. The molecule has 16 nitrogen and oxygen atoms in total. The minimum atomic E-state index is -0.915. The fourth-order valence-electron chi connectivity index (χ4n) is 4.96. The topological polar surface area (TPSA) is 211 Å². The number of imide groups is 1. The molecule has 2 rings (SSSR count). The second-order valence-corrected chi connectivity index (χ2v) is 13.6. The first-order valence-corrected chi connectivity index (χ1v) is 17.8. The first-order valence-electron chi connectivity index (χ1n) is 17.8. The van der Waals surface area contributed by atoms with Crippen LogP contribution in [0.4, 0.5) is 10.5 Å². The van der Waals surface area contributed by atoms with Gasteiger partial charge < -0.3 is 40.8 Å². The lowest BCUT2D eigenvalue weighted by Crippen LogP contribution is -2.53. The summed E-state index contributed by atoms with van der Waals surface area (Å²) in [5.74, 6) is -2.47. The number of amides is 7. The van der Waals surface area contributed by atoms with Gasteiger partial charge in [-0.2, -0.15) is 0 Å². The Labute approximate surface area is 305 Å². The van der Waals surface area contributed by atoms with Crippen LogP contribution in [0.3, 0.4) is 0 Å². The minimum Gasteiger partial charge on any atom is -0.445 e. The molecule has 0 aliphatic carbocycles. The zero-order valence-corrected chi connectivity index (χ0v) is 31.4. The third kappa shape index (κ3) is 15.4. The number of nitrogens with zero attached hydrogens (tertiary/aromatic N) is 1. The predicted molar refractivity (Wildman–Crippen MR) is 191 cm³/mol. The van der Waals surface area contributed by atoms with Gasteiger partial charge in [-0.15, -0.1) is 0 Å². The van der Waals surface area contributed by atoms with Crippen LogP contribution in [0.15, 0.2) is 24.3 Å². The van der Waals surface area contributed by atoms with Gasteiger partial charge in [0.2, 0.25) is 35.4 Å². The van der Waals surface area contributed by atoms with E-state index in [2.05, 4.69) is 26.6 Å². The van der Waals surface area contributed by atoms with Gasteiger partial charge in [0.1, 0.15) is 18.7 Å². The number of rotatable bonds is 22. The average molecular weight is 733 g/mol. The van der Waals surface area contributed by atoms with E-state index in [-0.39, 0.29) is 93.1 Å². The van der Waals surface area contributed by atoms with Gasteiger partial charge >= 0.3 is 6.09 Å². The van der Waals surface area contributed by atoms with Crippen LogP contribution in [-0.4, -0.2) is 105 Å². The van der Waals surface area contributed by atoms with Crippen molar-refractivity contribution < 1.29 is 47.8 Å². The molecule has 3 unspecified atom stereocenters. The van der Waals surface area contributed by atoms with Crippen molar-refractivity contribution in [1.82, 2.24) is 26.2 Å². The van der Waals surface area contributed by atoms with E-state index in [0.717, 1.165) is 0 Å². The van der Waals surface area contributed by atoms with Crippen molar-refractivity contribution in [3.05, 3.63) is 29.8 Å². The zero-order valence-electron chi connectivity index (χ0n) is 31.4. The van der Waals surface area contributed by atoms with Crippen molar-refractivity contribution in [2.45, 2.75) is 80.0 Å². The summed E-state index contributed by atoms with van der Waals surface area (Å²) in [4.78, 5) is 87.6. The Kier molecular flexibility index (Phi) is 18.8. The van der Waals surface area contributed by atoms with Crippen molar-refractivity contribution in [2.24, 2.45) is 23.7 Å². The maximum Gasteiger partial charge on any atom is 0.407 e. The fourth-order valence-corrected chi connectivity index (χ4v) is 4.96. The summed E-state index contributed by atoms with van der Waals surface area (Å²) in [7, 11) is 0. The van der Waals surface area contributed by atoms with Crippen molar-refractivity contribution in [3.63, 3.8) is 0 Å². The molecular formula is C36H56N6O10. The molecule has 0 saturated carbocycles. The summed E-state index contributed by atoms with van der Waals surface area (Å²) in [6, 6.07) is 4.79. The van der Waals surface area contributed by atoms with E-state index in [0.29, 0.717) is 31.0 Å². The average Bonchev–Trinajstić information content (AvgIpc) is 3.38. The van der Waals surface area contributed by atoms with Crippen LogP contribution in [0, 0.1) is 23.7 Å². The van der Waals surface area contributed by atoms with Crippen LogP contribution in [-0.2, 0) is 49.6 Å². The number of benzene rings is 1. The third-order valence-electron chi connectivity index (χ3n) is 8.21. The number of carbonyl (C=O) groups excluding carboxylic acids is 7. The van der Waals surface area contributed by atoms with Gasteiger partial charge in [0, 0.05) is 50.0 Å². The molecule has 7 amide bonds. The van der Waals surface area contributed by atoms with Crippen LogP contribution in [0.1, 0.15) is 66.9 Å². The zero-order chi connectivity index (χ0) is 38.8. The lowest BCUT2D eigenvalue weighted by molar-refractivity contribution is -0.139. The van der Waals surface area contributed by atoms with Gasteiger partial charge in [0.25, 0.3) is 0 Å². The van der Waals surface area contributed by atoms with Gasteiger partial charge in [0.15, 0.2) is 0 Å². The molecule has 290 valence electrons. The van der Waals surface area contributed by atoms with E-state index >= 15 is 0 Å². The van der Waals surface area contributed by atoms with Crippen molar-refractivity contribution >= 4 is 47.2 Å². The van der Waals surface area contributed by atoms with Crippen molar-refractivity contribution in [2.75, 3.05) is 51.4 Å².